The molecule has 0 nitrogen and oxygen atoms in total. The summed E-state index contributed by atoms with van der Waals surface area (Å²) in [6, 6.07) is 17.9. The Morgan fingerprint density at radius 3 is 2.61 bits per heavy atom. The Bertz CT molecular complexity index is 1160. The zero-order valence-corrected chi connectivity index (χ0v) is 16.7. The number of hydrogen-bond donors (Lipinski definition) is 0. The van der Waals surface area contributed by atoms with Gasteiger partial charge in [-0.25, -0.2) is 0 Å². The second kappa shape index (κ2) is 6.34. The maximum Gasteiger partial charge on any atom is 0.0126 e. The molecule has 0 spiro atoms. The third-order valence-electron chi connectivity index (χ3n) is 6.92. The number of hydrogen-bond acceptors (Lipinski definition) is 0. The van der Waals surface area contributed by atoms with E-state index >= 15 is 0 Å². The Labute approximate surface area is 167 Å². The van der Waals surface area contributed by atoms with Crippen LogP contribution in [0.3, 0.4) is 0 Å². The summed E-state index contributed by atoms with van der Waals surface area (Å²) in [6.07, 6.45) is 7.80. The first-order chi connectivity index (χ1) is 13.6. The van der Waals surface area contributed by atoms with Crippen molar-refractivity contribution in [1.29, 1.82) is 0 Å². The first-order valence-corrected chi connectivity index (χ1v) is 10.2. The quantitative estimate of drug-likeness (QED) is 0.417. The van der Waals surface area contributed by atoms with Gasteiger partial charge in [0.1, 0.15) is 0 Å². The average Bonchev–Trinajstić information content (AvgIpc) is 2.97. The monoisotopic (exact) mass is 362 g/mol. The normalized spacial score (nSPS) is 22.5. The highest BCUT2D eigenvalue weighted by Gasteiger charge is 2.39. The molecule has 0 fully saturated rings. The summed E-state index contributed by atoms with van der Waals surface area (Å²) in [5, 5.41) is 2.64. The third kappa shape index (κ3) is 2.31. The van der Waals surface area contributed by atoms with Crippen molar-refractivity contribution < 1.29 is 0 Å². The van der Waals surface area contributed by atoms with Gasteiger partial charge in [-0.05, 0) is 63.4 Å². The predicted octanol–water partition coefficient (Wildman–Crippen LogP) is 7.79. The fourth-order valence-corrected chi connectivity index (χ4v) is 5.39. The van der Waals surface area contributed by atoms with Crippen LogP contribution >= 0.6 is 0 Å². The first-order valence-electron chi connectivity index (χ1n) is 10.2. The van der Waals surface area contributed by atoms with Crippen molar-refractivity contribution in [2.75, 3.05) is 0 Å². The molecule has 3 unspecified atom stereocenters. The Kier molecular flexibility index (Phi) is 3.91. The highest BCUT2D eigenvalue weighted by atomic mass is 14.4. The van der Waals surface area contributed by atoms with Crippen molar-refractivity contribution in [2.24, 2.45) is 5.92 Å². The molecular formula is C28H26. The van der Waals surface area contributed by atoms with E-state index in [9.17, 15) is 0 Å². The molecule has 0 radical (unpaired) electrons. The van der Waals surface area contributed by atoms with Gasteiger partial charge in [0, 0.05) is 11.8 Å². The molecular weight excluding hydrogens is 336 g/mol. The van der Waals surface area contributed by atoms with Crippen LogP contribution < -0.4 is 0 Å². The van der Waals surface area contributed by atoms with Crippen LogP contribution in [0.2, 0.25) is 0 Å². The van der Waals surface area contributed by atoms with Crippen molar-refractivity contribution in [3.05, 3.63) is 102 Å². The Hall–Kier alpha value is -2.86. The molecule has 5 rings (SSSR count). The van der Waals surface area contributed by atoms with Crippen LogP contribution in [0.25, 0.3) is 28.0 Å². The second-order valence-electron chi connectivity index (χ2n) is 8.31. The highest BCUT2D eigenvalue weighted by Crippen LogP contribution is 2.55. The summed E-state index contributed by atoms with van der Waals surface area (Å²) in [7, 11) is 0. The molecule has 0 N–H and O–H groups in total. The van der Waals surface area contributed by atoms with E-state index in [1.807, 2.05) is 6.08 Å². The van der Waals surface area contributed by atoms with Gasteiger partial charge in [-0.2, -0.15) is 0 Å². The number of aryl methyl sites for hydroxylation is 1. The van der Waals surface area contributed by atoms with Crippen LogP contribution in [-0.2, 0) is 0 Å². The van der Waals surface area contributed by atoms with Crippen molar-refractivity contribution in [3.63, 3.8) is 0 Å². The Morgan fingerprint density at radius 2 is 1.79 bits per heavy atom. The fraction of sp³-hybridized carbons (Fsp3) is 0.214. The molecule has 0 heteroatoms. The largest absolute Gasteiger partial charge is 0.103 e. The van der Waals surface area contributed by atoms with E-state index in [1.165, 1.54) is 49.7 Å². The van der Waals surface area contributed by atoms with Gasteiger partial charge in [0.05, 0.1) is 0 Å². The molecule has 0 amide bonds. The van der Waals surface area contributed by atoms with Gasteiger partial charge >= 0.3 is 0 Å². The topological polar surface area (TPSA) is 0 Å². The molecule has 2 aliphatic rings. The van der Waals surface area contributed by atoms with E-state index in [0.717, 1.165) is 6.42 Å². The molecule has 0 aromatic heterocycles. The lowest BCUT2D eigenvalue weighted by Gasteiger charge is -2.28. The van der Waals surface area contributed by atoms with Gasteiger partial charge in [0.25, 0.3) is 0 Å². The Morgan fingerprint density at radius 1 is 1.00 bits per heavy atom. The molecule has 3 atom stereocenters. The molecule has 3 aromatic rings. The molecule has 2 aliphatic carbocycles. The smallest absolute Gasteiger partial charge is 0.0126 e. The van der Waals surface area contributed by atoms with Crippen molar-refractivity contribution in [1.82, 2.24) is 0 Å². The van der Waals surface area contributed by atoms with Gasteiger partial charge in [-0.15, -0.1) is 6.58 Å². The van der Waals surface area contributed by atoms with E-state index in [1.54, 1.807) is 0 Å². The minimum atomic E-state index is 0.420. The highest BCUT2D eigenvalue weighted by molar-refractivity contribution is 5.94. The van der Waals surface area contributed by atoms with Crippen LogP contribution in [0.5, 0.6) is 0 Å². The molecule has 28 heavy (non-hydrogen) atoms. The Balaban J connectivity index is 1.76. The third-order valence-corrected chi connectivity index (χ3v) is 6.92. The number of allylic oxidation sites excluding steroid dienone is 3. The van der Waals surface area contributed by atoms with Crippen LogP contribution in [-0.4, -0.2) is 0 Å². The number of fused-ring (bicyclic) bond motifs is 1. The standard InChI is InChI=1S/C28H26/c1-5-8-21-12-14-26-25(16-15-24-17(2)18(3)27(21)28(24)26)23-13-11-20-9-6-7-10-22(20)19(23)4/h5-7,9-17,21,27H,1,3,8H2,2,4H3. The SMILES string of the molecule is C=CCC1C=Cc2c(-c3ccc4ccccc4c3C)ccc3c2C1C(=C)C3C. The molecule has 0 saturated heterocycles. The number of benzene rings is 3. The average molecular weight is 363 g/mol. The molecule has 0 aliphatic heterocycles. The minimum absolute atomic E-state index is 0.420. The predicted molar refractivity (Wildman–Crippen MR) is 122 cm³/mol. The van der Waals surface area contributed by atoms with Crippen LogP contribution in [0.4, 0.5) is 0 Å². The van der Waals surface area contributed by atoms with Crippen molar-refractivity contribution >= 4 is 16.8 Å². The zero-order valence-electron chi connectivity index (χ0n) is 16.7. The van der Waals surface area contributed by atoms with Crippen LogP contribution in [0.1, 0.15) is 47.4 Å². The molecule has 3 aromatic carbocycles. The second-order valence-corrected chi connectivity index (χ2v) is 8.31. The minimum Gasteiger partial charge on any atom is -0.103 e. The first kappa shape index (κ1) is 17.3. The molecule has 0 bridgehead atoms. The van der Waals surface area contributed by atoms with E-state index in [0.29, 0.717) is 17.8 Å². The lowest BCUT2D eigenvalue weighted by Crippen LogP contribution is -2.14. The summed E-state index contributed by atoms with van der Waals surface area (Å²) < 4.78 is 0. The fourth-order valence-electron chi connectivity index (χ4n) is 5.39. The van der Waals surface area contributed by atoms with E-state index < -0.39 is 0 Å². The van der Waals surface area contributed by atoms with Crippen molar-refractivity contribution in [2.45, 2.75) is 32.1 Å². The summed E-state index contributed by atoms with van der Waals surface area (Å²) in [4.78, 5) is 0. The zero-order chi connectivity index (χ0) is 19.4. The van der Waals surface area contributed by atoms with Crippen molar-refractivity contribution in [3.8, 4) is 11.1 Å². The summed E-state index contributed by atoms with van der Waals surface area (Å²) in [6.45, 7) is 13.0. The van der Waals surface area contributed by atoms with Crippen LogP contribution in [0, 0.1) is 12.8 Å². The number of rotatable bonds is 3. The van der Waals surface area contributed by atoms with Gasteiger partial charge in [-0.3, -0.25) is 0 Å². The molecule has 0 saturated carbocycles. The van der Waals surface area contributed by atoms with Gasteiger partial charge in [0.2, 0.25) is 0 Å². The van der Waals surface area contributed by atoms with E-state index in [-0.39, 0.29) is 0 Å². The summed E-state index contributed by atoms with van der Waals surface area (Å²) in [5.41, 5.74) is 9.78. The van der Waals surface area contributed by atoms with E-state index in [2.05, 4.69) is 87.7 Å². The van der Waals surface area contributed by atoms with Gasteiger partial charge < -0.3 is 0 Å². The molecule has 0 heterocycles. The summed E-state index contributed by atoms with van der Waals surface area (Å²) >= 11 is 0. The summed E-state index contributed by atoms with van der Waals surface area (Å²) in [5.74, 6) is 1.33. The maximum absolute atomic E-state index is 4.50. The maximum atomic E-state index is 4.50. The van der Waals surface area contributed by atoms with Gasteiger partial charge in [0.15, 0.2) is 0 Å². The van der Waals surface area contributed by atoms with Crippen LogP contribution in [0.15, 0.2) is 79.4 Å². The molecule has 138 valence electrons. The van der Waals surface area contributed by atoms with E-state index in [4.69, 9.17) is 0 Å². The lowest BCUT2D eigenvalue weighted by atomic mass is 9.75. The van der Waals surface area contributed by atoms with Gasteiger partial charge in [-0.1, -0.05) is 85.8 Å². The lowest BCUT2D eigenvalue weighted by molar-refractivity contribution is 0.569.